The Balaban J connectivity index is 3.98. The molecule has 3 nitrogen and oxygen atoms in total. The molecule has 0 aliphatic rings. The van der Waals surface area contributed by atoms with E-state index in [2.05, 4.69) is 11.9 Å². The Bertz CT molecular complexity index is 129. The van der Waals surface area contributed by atoms with E-state index in [0.29, 0.717) is 0 Å². The monoisotopic (exact) mass is 142 g/mol. The van der Waals surface area contributed by atoms with Gasteiger partial charge in [-0.1, -0.05) is 19.1 Å². The topological polar surface area (TPSA) is 55.1 Å². The highest BCUT2D eigenvalue weighted by Crippen LogP contribution is 1.95. The Morgan fingerprint density at radius 3 is 2.40 bits per heavy atom. The number of hydrogen-bond acceptors (Lipinski definition) is 2. The summed E-state index contributed by atoms with van der Waals surface area (Å²) in [7, 11) is 0. The van der Waals surface area contributed by atoms with Crippen LogP contribution >= 0.6 is 0 Å². The van der Waals surface area contributed by atoms with Gasteiger partial charge in [0.05, 0.1) is 0 Å². The molecule has 3 heteroatoms. The SMILES string of the molecule is C=C(C)C(NCC)C(N)=O. The lowest BCUT2D eigenvalue weighted by Gasteiger charge is -2.12. The van der Waals surface area contributed by atoms with Crippen LogP contribution in [0.15, 0.2) is 12.2 Å². The van der Waals surface area contributed by atoms with Gasteiger partial charge in [-0.2, -0.15) is 0 Å². The number of carbonyl (C=O) groups excluding carboxylic acids is 1. The van der Waals surface area contributed by atoms with E-state index in [1.165, 1.54) is 0 Å². The molecular weight excluding hydrogens is 128 g/mol. The number of primary amides is 1. The van der Waals surface area contributed by atoms with Crippen LogP contribution < -0.4 is 11.1 Å². The van der Waals surface area contributed by atoms with Gasteiger partial charge in [0.1, 0.15) is 6.04 Å². The van der Waals surface area contributed by atoms with Crippen molar-refractivity contribution in [1.82, 2.24) is 5.32 Å². The summed E-state index contributed by atoms with van der Waals surface area (Å²) in [6, 6.07) is -0.370. The highest BCUT2D eigenvalue weighted by molar-refractivity contribution is 5.82. The molecule has 1 atom stereocenters. The maximum Gasteiger partial charge on any atom is 0.238 e. The zero-order valence-corrected chi connectivity index (χ0v) is 6.48. The first kappa shape index (κ1) is 9.17. The molecule has 1 amide bonds. The normalized spacial score (nSPS) is 12.6. The van der Waals surface area contributed by atoms with Gasteiger partial charge in [0.25, 0.3) is 0 Å². The zero-order chi connectivity index (χ0) is 8.15. The summed E-state index contributed by atoms with van der Waals surface area (Å²) in [5.74, 6) is -0.366. The summed E-state index contributed by atoms with van der Waals surface area (Å²) in [5, 5.41) is 2.91. The zero-order valence-electron chi connectivity index (χ0n) is 6.48. The summed E-state index contributed by atoms with van der Waals surface area (Å²) in [4.78, 5) is 10.6. The second-order valence-electron chi connectivity index (χ2n) is 2.24. The first-order chi connectivity index (χ1) is 4.59. The van der Waals surface area contributed by atoms with Crippen molar-refractivity contribution in [3.8, 4) is 0 Å². The quantitative estimate of drug-likeness (QED) is 0.544. The van der Waals surface area contributed by atoms with Gasteiger partial charge in [0, 0.05) is 0 Å². The van der Waals surface area contributed by atoms with Gasteiger partial charge in [-0.25, -0.2) is 0 Å². The number of amides is 1. The van der Waals surface area contributed by atoms with E-state index in [4.69, 9.17) is 5.73 Å². The maximum atomic E-state index is 10.6. The van der Waals surface area contributed by atoms with Crippen molar-refractivity contribution in [3.63, 3.8) is 0 Å². The number of nitrogens with two attached hydrogens (primary N) is 1. The van der Waals surface area contributed by atoms with Crippen LogP contribution in [0.5, 0.6) is 0 Å². The third-order valence-electron chi connectivity index (χ3n) is 1.19. The van der Waals surface area contributed by atoms with E-state index in [-0.39, 0.29) is 11.9 Å². The molecule has 3 N–H and O–H groups in total. The van der Waals surface area contributed by atoms with Gasteiger partial charge in [-0.3, -0.25) is 4.79 Å². The molecule has 0 saturated heterocycles. The minimum Gasteiger partial charge on any atom is -0.368 e. The molecule has 0 bridgehead atoms. The molecule has 0 spiro atoms. The summed E-state index contributed by atoms with van der Waals surface area (Å²) < 4.78 is 0. The van der Waals surface area contributed by atoms with Crippen LogP contribution in [0, 0.1) is 0 Å². The minimum absolute atomic E-state index is 0.366. The molecule has 0 aromatic heterocycles. The molecule has 10 heavy (non-hydrogen) atoms. The average molecular weight is 142 g/mol. The molecule has 58 valence electrons. The number of likely N-dealkylation sites (N-methyl/N-ethyl adjacent to an activating group) is 1. The fourth-order valence-corrected chi connectivity index (χ4v) is 0.722. The van der Waals surface area contributed by atoms with Crippen molar-refractivity contribution in [1.29, 1.82) is 0 Å². The molecule has 0 heterocycles. The first-order valence-electron chi connectivity index (χ1n) is 3.27. The third kappa shape index (κ3) is 2.64. The molecular formula is C7H14N2O. The summed E-state index contributed by atoms with van der Waals surface area (Å²) in [6.45, 7) is 8.05. The standard InChI is InChI=1S/C7H14N2O/c1-4-9-6(5(2)3)7(8)10/h6,9H,2,4H2,1,3H3,(H2,8,10). The molecule has 0 rings (SSSR count). The van der Waals surface area contributed by atoms with Gasteiger partial charge < -0.3 is 11.1 Å². The second-order valence-corrected chi connectivity index (χ2v) is 2.24. The summed E-state index contributed by atoms with van der Waals surface area (Å²) in [5.41, 5.74) is 5.82. The molecule has 0 aromatic rings. The van der Waals surface area contributed by atoms with Crippen LogP contribution in [0.25, 0.3) is 0 Å². The molecule has 0 saturated carbocycles. The van der Waals surface area contributed by atoms with Crippen LogP contribution in [0.3, 0.4) is 0 Å². The lowest BCUT2D eigenvalue weighted by Crippen LogP contribution is -2.41. The predicted molar refractivity (Wildman–Crippen MR) is 41.5 cm³/mol. The number of rotatable bonds is 4. The van der Waals surface area contributed by atoms with Crippen molar-refractivity contribution in [3.05, 3.63) is 12.2 Å². The van der Waals surface area contributed by atoms with E-state index in [9.17, 15) is 4.79 Å². The molecule has 0 radical (unpaired) electrons. The van der Waals surface area contributed by atoms with E-state index in [1.807, 2.05) is 6.92 Å². The number of carbonyl (C=O) groups is 1. The van der Waals surface area contributed by atoms with Crippen molar-refractivity contribution >= 4 is 5.91 Å². The Morgan fingerprint density at radius 2 is 2.30 bits per heavy atom. The minimum atomic E-state index is -0.370. The summed E-state index contributed by atoms with van der Waals surface area (Å²) in [6.07, 6.45) is 0. The second kappa shape index (κ2) is 4.06. The van der Waals surface area contributed by atoms with Crippen LogP contribution in [0.2, 0.25) is 0 Å². The lowest BCUT2D eigenvalue weighted by molar-refractivity contribution is -0.119. The highest BCUT2D eigenvalue weighted by atomic mass is 16.1. The first-order valence-corrected chi connectivity index (χ1v) is 3.27. The Labute approximate surface area is 61.3 Å². The van der Waals surface area contributed by atoms with Crippen LogP contribution in [0.1, 0.15) is 13.8 Å². The lowest BCUT2D eigenvalue weighted by atomic mass is 10.1. The summed E-state index contributed by atoms with van der Waals surface area (Å²) >= 11 is 0. The van der Waals surface area contributed by atoms with Crippen molar-refractivity contribution in [2.75, 3.05) is 6.54 Å². The van der Waals surface area contributed by atoms with Crippen molar-refractivity contribution in [2.24, 2.45) is 5.73 Å². The van der Waals surface area contributed by atoms with E-state index >= 15 is 0 Å². The van der Waals surface area contributed by atoms with E-state index < -0.39 is 0 Å². The van der Waals surface area contributed by atoms with Crippen molar-refractivity contribution < 1.29 is 4.79 Å². The van der Waals surface area contributed by atoms with Crippen LogP contribution in [0.4, 0.5) is 0 Å². The molecule has 0 fully saturated rings. The Morgan fingerprint density at radius 1 is 1.80 bits per heavy atom. The van der Waals surface area contributed by atoms with E-state index in [1.54, 1.807) is 6.92 Å². The Kier molecular flexibility index (Phi) is 3.72. The largest absolute Gasteiger partial charge is 0.368 e. The van der Waals surface area contributed by atoms with Gasteiger partial charge >= 0.3 is 0 Å². The third-order valence-corrected chi connectivity index (χ3v) is 1.19. The molecule has 1 unspecified atom stereocenters. The molecule has 0 aromatic carbocycles. The van der Waals surface area contributed by atoms with Gasteiger partial charge in [-0.05, 0) is 13.5 Å². The number of nitrogens with one attached hydrogen (secondary N) is 1. The molecule has 0 aliphatic heterocycles. The van der Waals surface area contributed by atoms with Crippen LogP contribution in [-0.2, 0) is 4.79 Å². The highest BCUT2D eigenvalue weighted by Gasteiger charge is 2.12. The fraction of sp³-hybridized carbons (Fsp3) is 0.571. The molecule has 0 aliphatic carbocycles. The fourth-order valence-electron chi connectivity index (χ4n) is 0.722. The van der Waals surface area contributed by atoms with Gasteiger partial charge in [0.2, 0.25) is 5.91 Å². The van der Waals surface area contributed by atoms with Crippen molar-refractivity contribution in [2.45, 2.75) is 19.9 Å². The smallest absolute Gasteiger partial charge is 0.238 e. The van der Waals surface area contributed by atoms with E-state index in [0.717, 1.165) is 12.1 Å². The average Bonchev–Trinajstić information content (AvgIpc) is 1.81. The maximum absolute atomic E-state index is 10.6. The predicted octanol–water partition coefficient (Wildman–Crippen LogP) is 0.0259. The van der Waals surface area contributed by atoms with Gasteiger partial charge in [-0.15, -0.1) is 0 Å². The van der Waals surface area contributed by atoms with Crippen LogP contribution in [-0.4, -0.2) is 18.5 Å². The number of hydrogen-bond donors (Lipinski definition) is 2. The van der Waals surface area contributed by atoms with Gasteiger partial charge in [0.15, 0.2) is 0 Å². The Hall–Kier alpha value is -0.830.